The summed E-state index contributed by atoms with van der Waals surface area (Å²) in [7, 11) is 1.28. The highest BCUT2D eigenvalue weighted by Gasteiger charge is 2.17. The van der Waals surface area contributed by atoms with Crippen LogP contribution in [0.15, 0.2) is 24.3 Å². The van der Waals surface area contributed by atoms with Crippen LogP contribution in [0.25, 0.3) is 10.9 Å². The first-order valence-corrected chi connectivity index (χ1v) is 5.99. The summed E-state index contributed by atoms with van der Waals surface area (Å²) in [6, 6.07) is 7.29. The zero-order valence-corrected chi connectivity index (χ0v) is 10.8. The third kappa shape index (κ3) is 2.45. The Morgan fingerprint density at radius 1 is 1.32 bits per heavy atom. The van der Waals surface area contributed by atoms with E-state index in [4.69, 9.17) is 0 Å². The van der Waals surface area contributed by atoms with Gasteiger partial charge in [-0.25, -0.2) is 4.79 Å². The molecular formula is C14H15NO4. The lowest BCUT2D eigenvalue weighted by Gasteiger charge is -2.07. The van der Waals surface area contributed by atoms with E-state index in [2.05, 4.69) is 4.74 Å². The smallest absolute Gasteiger partial charge is 0.352 e. The van der Waals surface area contributed by atoms with Crippen molar-refractivity contribution in [3.63, 3.8) is 0 Å². The number of methoxy groups -OCH3 is 1. The van der Waals surface area contributed by atoms with Gasteiger partial charge in [0.2, 0.25) is 0 Å². The fourth-order valence-corrected chi connectivity index (χ4v) is 2.08. The third-order valence-electron chi connectivity index (χ3n) is 3.11. The molecule has 0 aliphatic heterocycles. The summed E-state index contributed by atoms with van der Waals surface area (Å²) in [6.07, 6.45) is 0.876. The molecule has 0 fully saturated rings. The largest absolute Gasteiger partial charge is 0.477 e. The summed E-state index contributed by atoms with van der Waals surface area (Å²) in [5.41, 5.74) is 1.94. The second kappa shape index (κ2) is 5.14. The summed E-state index contributed by atoms with van der Waals surface area (Å²) in [5.74, 6) is -1.53. The lowest BCUT2D eigenvalue weighted by atomic mass is 10.1. The van der Waals surface area contributed by atoms with Gasteiger partial charge in [0.1, 0.15) is 12.2 Å². The molecule has 0 saturated carbocycles. The quantitative estimate of drug-likeness (QED) is 0.855. The molecule has 1 heterocycles. The van der Waals surface area contributed by atoms with Crippen molar-refractivity contribution >= 4 is 22.8 Å². The second-order valence-electron chi connectivity index (χ2n) is 4.24. The zero-order valence-electron chi connectivity index (χ0n) is 10.8. The summed E-state index contributed by atoms with van der Waals surface area (Å²) in [6.45, 7) is 1.93. The van der Waals surface area contributed by atoms with Gasteiger partial charge in [0.15, 0.2) is 0 Å². The van der Waals surface area contributed by atoms with Crippen molar-refractivity contribution in [1.29, 1.82) is 0 Å². The first kappa shape index (κ1) is 13.1. The van der Waals surface area contributed by atoms with Gasteiger partial charge in [-0.2, -0.15) is 0 Å². The summed E-state index contributed by atoms with van der Waals surface area (Å²) in [4.78, 5) is 22.6. The van der Waals surface area contributed by atoms with Crippen LogP contribution in [-0.2, 0) is 22.5 Å². The number of ether oxygens (including phenoxy) is 1. The minimum atomic E-state index is -1.06. The molecule has 0 unspecified atom stereocenters. The number of benzene rings is 1. The molecule has 0 spiro atoms. The molecular weight excluding hydrogens is 246 g/mol. The maximum atomic E-state index is 11.4. The SMILES string of the molecule is CCc1ccc2c(c1)cc(C(=O)O)n2CC(=O)OC. The highest BCUT2D eigenvalue weighted by atomic mass is 16.5. The highest BCUT2D eigenvalue weighted by Crippen LogP contribution is 2.22. The standard InChI is InChI=1S/C14H15NO4/c1-3-9-4-5-11-10(6-9)7-12(14(17)18)15(11)8-13(16)19-2/h4-7H,3,8H2,1-2H3,(H,17,18). The maximum absolute atomic E-state index is 11.4. The molecule has 0 atom stereocenters. The molecule has 2 rings (SSSR count). The van der Waals surface area contributed by atoms with Crippen LogP contribution in [0.5, 0.6) is 0 Å². The number of aryl methyl sites for hydroxylation is 1. The third-order valence-corrected chi connectivity index (χ3v) is 3.11. The van der Waals surface area contributed by atoms with E-state index < -0.39 is 11.9 Å². The average Bonchev–Trinajstić information content (AvgIpc) is 2.76. The maximum Gasteiger partial charge on any atom is 0.352 e. The number of hydrogen-bond donors (Lipinski definition) is 1. The molecule has 0 amide bonds. The number of carboxylic acids is 1. The lowest BCUT2D eigenvalue weighted by molar-refractivity contribution is -0.141. The van der Waals surface area contributed by atoms with Crippen LogP contribution in [0.4, 0.5) is 0 Å². The van der Waals surface area contributed by atoms with Crippen LogP contribution in [0.3, 0.4) is 0 Å². The molecule has 1 aromatic heterocycles. The van der Waals surface area contributed by atoms with E-state index in [1.54, 1.807) is 6.07 Å². The van der Waals surface area contributed by atoms with Crippen molar-refractivity contribution in [3.8, 4) is 0 Å². The van der Waals surface area contributed by atoms with Gasteiger partial charge in [-0.3, -0.25) is 4.79 Å². The van der Waals surface area contributed by atoms with Gasteiger partial charge in [0.05, 0.1) is 7.11 Å². The lowest BCUT2D eigenvalue weighted by Crippen LogP contribution is -2.16. The first-order valence-electron chi connectivity index (χ1n) is 5.99. The normalized spacial score (nSPS) is 10.6. The van der Waals surface area contributed by atoms with Crippen molar-refractivity contribution in [2.75, 3.05) is 7.11 Å². The monoisotopic (exact) mass is 261 g/mol. The van der Waals surface area contributed by atoms with Gasteiger partial charge in [-0.1, -0.05) is 13.0 Å². The van der Waals surface area contributed by atoms with Gasteiger partial charge in [0, 0.05) is 10.9 Å². The molecule has 2 aromatic rings. The van der Waals surface area contributed by atoms with Crippen molar-refractivity contribution in [2.45, 2.75) is 19.9 Å². The van der Waals surface area contributed by atoms with Gasteiger partial charge >= 0.3 is 11.9 Å². The number of carboxylic acid groups (broad SMARTS) is 1. The summed E-state index contributed by atoms with van der Waals surface area (Å²) >= 11 is 0. The Morgan fingerprint density at radius 3 is 2.63 bits per heavy atom. The van der Waals surface area contributed by atoms with Crippen molar-refractivity contribution in [1.82, 2.24) is 4.57 Å². The second-order valence-corrected chi connectivity index (χ2v) is 4.24. The van der Waals surface area contributed by atoms with Gasteiger partial charge in [-0.05, 0) is 30.2 Å². The Labute approximate surface area is 110 Å². The zero-order chi connectivity index (χ0) is 14.0. The Hall–Kier alpha value is -2.30. The highest BCUT2D eigenvalue weighted by molar-refractivity contribution is 5.95. The van der Waals surface area contributed by atoms with E-state index in [-0.39, 0.29) is 12.2 Å². The number of esters is 1. The van der Waals surface area contributed by atoms with Crippen LogP contribution >= 0.6 is 0 Å². The van der Waals surface area contributed by atoms with Crippen molar-refractivity contribution in [3.05, 3.63) is 35.5 Å². The number of rotatable bonds is 4. The molecule has 0 saturated heterocycles. The number of hydrogen-bond acceptors (Lipinski definition) is 3. The molecule has 0 aliphatic rings. The van der Waals surface area contributed by atoms with E-state index in [1.165, 1.54) is 11.7 Å². The molecule has 5 nitrogen and oxygen atoms in total. The minimum Gasteiger partial charge on any atom is -0.477 e. The summed E-state index contributed by atoms with van der Waals surface area (Å²) < 4.78 is 6.06. The predicted molar refractivity (Wildman–Crippen MR) is 70.3 cm³/mol. The molecule has 1 N–H and O–H groups in total. The number of carbonyl (C=O) groups is 2. The number of nitrogens with zero attached hydrogens (tertiary/aromatic N) is 1. The van der Waals surface area contributed by atoms with Crippen LogP contribution in [0.2, 0.25) is 0 Å². The molecule has 0 bridgehead atoms. The van der Waals surface area contributed by atoms with E-state index in [0.717, 1.165) is 22.9 Å². The van der Waals surface area contributed by atoms with Crippen molar-refractivity contribution < 1.29 is 19.4 Å². The minimum absolute atomic E-state index is 0.0913. The Balaban J connectivity index is 2.60. The molecule has 5 heteroatoms. The molecule has 19 heavy (non-hydrogen) atoms. The molecule has 0 aliphatic carbocycles. The Morgan fingerprint density at radius 2 is 2.05 bits per heavy atom. The van der Waals surface area contributed by atoms with E-state index >= 15 is 0 Å². The summed E-state index contributed by atoms with van der Waals surface area (Å²) in [5, 5.41) is 10.0. The molecule has 100 valence electrons. The fourth-order valence-electron chi connectivity index (χ4n) is 2.08. The van der Waals surface area contributed by atoms with E-state index in [0.29, 0.717) is 0 Å². The van der Waals surface area contributed by atoms with Crippen LogP contribution < -0.4 is 0 Å². The number of aromatic carboxylic acids is 1. The first-order chi connectivity index (χ1) is 9.06. The van der Waals surface area contributed by atoms with Crippen LogP contribution in [-0.4, -0.2) is 28.7 Å². The van der Waals surface area contributed by atoms with Gasteiger partial charge < -0.3 is 14.4 Å². The Bertz CT molecular complexity index is 642. The van der Waals surface area contributed by atoms with Gasteiger partial charge in [0.25, 0.3) is 0 Å². The fraction of sp³-hybridized carbons (Fsp3) is 0.286. The van der Waals surface area contributed by atoms with Crippen LogP contribution in [0, 0.1) is 0 Å². The topological polar surface area (TPSA) is 68.5 Å². The molecule has 0 radical (unpaired) electrons. The van der Waals surface area contributed by atoms with E-state index in [9.17, 15) is 14.7 Å². The number of carbonyl (C=O) groups excluding carboxylic acids is 1. The number of aromatic nitrogens is 1. The average molecular weight is 261 g/mol. The van der Waals surface area contributed by atoms with E-state index in [1.807, 2.05) is 25.1 Å². The molecule has 1 aromatic carbocycles. The van der Waals surface area contributed by atoms with Crippen LogP contribution in [0.1, 0.15) is 23.0 Å². The number of fused-ring (bicyclic) bond motifs is 1. The Kier molecular flexibility index (Phi) is 3.55. The predicted octanol–water partition coefficient (Wildman–Crippen LogP) is 2.07. The van der Waals surface area contributed by atoms with Crippen molar-refractivity contribution in [2.24, 2.45) is 0 Å². The van der Waals surface area contributed by atoms with Gasteiger partial charge in [-0.15, -0.1) is 0 Å².